The summed E-state index contributed by atoms with van der Waals surface area (Å²) in [6, 6.07) is 3.62. The van der Waals surface area contributed by atoms with Crippen molar-refractivity contribution in [3.05, 3.63) is 41.6 Å². The largest absolute Gasteiger partial charge is 0.416 e. The second-order valence-electron chi connectivity index (χ2n) is 8.19. The number of urea groups is 1. The molecule has 1 fully saturated rings. The molecule has 31 heavy (non-hydrogen) atoms. The third kappa shape index (κ3) is 4.54. The summed E-state index contributed by atoms with van der Waals surface area (Å²) in [5, 5.41) is 2.77. The van der Waals surface area contributed by atoms with Crippen molar-refractivity contribution < 1.29 is 22.8 Å². The van der Waals surface area contributed by atoms with E-state index in [1.165, 1.54) is 28.1 Å². The van der Waals surface area contributed by atoms with Crippen molar-refractivity contribution in [2.75, 3.05) is 22.1 Å². The Labute approximate surface area is 177 Å². The van der Waals surface area contributed by atoms with Crippen molar-refractivity contribution in [2.24, 2.45) is 0 Å². The minimum Gasteiger partial charge on any atom is -0.383 e. The average molecular weight is 436 g/mol. The van der Waals surface area contributed by atoms with Crippen LogP contribution in [-0.4, -0.2) is 40.0 Å². The van der Waals surface area contributed by atoms with Gasteiger partial charge in [0.2, 0.25) is 5.95 Å². The summed E-state index contributed by atoms with van der Waals surface area (Å²) < 4.78 is 39.4. The molecule has 0 spiro atoms. The smallest absolute Gasteiger partial charge is 0.383 e. The van der Waals surface area contributed by atoms with Crippen LogP contribution < -0.4 is 20.9 Å². The van der Waals surface area contributed by atoms with E-state index in [4.69, 9.17) is 5.73 Å². The van der Waals surface area contributed by atoms with E-state index in [0.29, 0.717) is 6.54 Å². The van der Waals surface area contributed by atoms with Gasteiger partial charge < -0.3 is 16.0 Å². The number of carbonyl (C=O) groups is 2. The number of hydrogen-bond donors (Lipinski definition) is 2. The first kappa shape index (κ1) is 22.3. The van der Waals surface area contributed by atoms with Crippen LogP contribution in [0.5, 0.6) is 0 Å². The maximum atomic E-state index is 13.2. The highest BCUT2D eigenvalue weighted by Crippen LogP contribution is 2.33. The van der Waals surface area contributed by atoms with Crippen LogP contribution in [0.15, 0.2) is 30.5 Å². The summed E-state index contributed by atoms with van der Waals surface area (Å²) in [5.74, 6) is -0.790. The van der Waals surface area contributed by atoms with Gasteiger partial charge in [0.1, 0.15) is 11.4 Å². The van der Waals surface area contributed by atoms with Crippen LogP contribution in [0.3, 0.4) is 0 Å². The lowest BCUT2D eigenvalue weighted by molar-refractivity contribution is -0.137. The van der Waals surface area contributed by atoms with Gasteiger partial charge in [-0.05, 0) is 45.9 Å². The van der Waals surface area contributed by atoms with Gasteiger partial charge >= 0.3 is 12.2 Å². The van der Waals surface area contributed by atoms with E-state index in [2.05, 4.69) is 15.3 Å². The Balaban J connectivity index is 1.94. The fourth-order valence-corrected chi connectivity index (χ4v) is 3.32. The lowest BCUT2D eigenvalue weighted by atomic mass is 10.1. The van der Waals surface area contributed by atoms with Gasteiger partial charge in [0, 0.05) is 17.9 Å². The van der Waals surface area contributed by atoms with E-state index in [1.54, 1.807) is 13.8 Å². The van der Waals surface area contributed by atoms with E-state index >= 15 is 0 Å². The van der Waals surface area contributed by atoms with E-state index in [-0.39, 0.29) is 23.0 Å². The molecule has 1 aromatic heterocycles. The number of benzene rings is 1. The van der Waals surface area contributed by atoms with E-state index in [9.17, 15) is 22.8 Å². The summed E-state index contributed by atoms with van der Waals surface area (Å²) in [5.41, 5.74) is 4.62. The van der Waals surface area contributed by atoms with Crippen LogP contribution in [0.1, 0.15) is 43.6 Å². The molecule has 1 aromatic carbocycles. The number of nitrogens with zero attached hydrogens (tertiary/aromatic N) is 4. The number of anilines is 3. The molecule has 0 saturated carbocycles. The van der Waals surface area contributed by atoms with Crippen molar-refractivity contribution in [3.8, 4) is 0 Å². The fraction of sp³-hybridized carbons (Fsp3) is 0.400. The first-order valence-electron chi connectivity index (χ1n) is 9.53. The molecule has 0 unspecified atom stereocenters. The molecule has 1 aliphatic rings. The molecule has 0 atom stereocenters. The Hall–Kier alpha value is -3.37. The zero-order valence-corrected chi connectivity index (χ0v) is 17.5. The second-order valence-corrected chi connectivity index (χ2v) is 8.19. The molecule has 2 heterocycles. The van der Waals surface area contributed by atoms with Gasteiger partial charge in [0.05, 0.1) is 17.6 Å². The zero-order valence-electron chi connectivity index (χ0n) is 17.5. The zero-order chi connectivity index (χ0) is 23.1. The minimum absolute atomic E-state index is 0.0345. The predicted octanol–water partition coefficient (Wildman–Crippen LogP) is 3.44. The van der Waals surface area contributed by atoms with Crippen LogP contribution in [0.4, 0.5) is 35.4 Å². The number of nitrogens with one attached hydrogen (secondary N) is 1. The SMILES string of the molecule is CC(C)N(C(=O)c1cnc(N2CC(C)(C)NC2=O)nc1N)c1cccc(C(F)(F)F)c1. The second kappa shape index (κ2) is 7.71. The summed E-state index contributed by atoms with van der Waals surface area (Å²) in [7, 11) is 0. The number of carbonyl (C=O) groups excluding carboxylic acids is 2. The molecule has 0 bridgehead atoms. The Morgan fingerprint density at radius 3 is 2.52 bits per heavy atom. The van der Waals surface area contributed by atoms with E-state index < -0.39 is 35.3 Å². The van der Waals surface area contributed by atoms with Crippen LogP contribution in [-0.2, 0) is 6.18 Å². The molecular formula is C20H23F3N6O2. The van der Waals surface area contributed by atoms with Crippen LogP contribution >= 0.6 is 0 Å². The number of halogens is 3. The van der Waals surface area contributed by atoms with Crippen molar-refractivity contribution in [3.63, 3.8) is 0 Å². The van der Waals surface area contributed by atoms with Crippen LogP contribution in [0.2, 0.25) is 0 Å². The van der Waals surface area contributed by atoms with Gasteiger partial charge in [-0.3, -0.25) is 9.69 Å². The topological polar surface area (TPSA) is 104 Å². The van der Waals surface area contributed by atoms with Gasteiger partial charge in [0.25, 0.3) is 5.91 Å². The molecule has 11 heteroatoms. The maximum Gasteiger partial charge on any atom is 0.416 e. The van der Waals surface area contributed by atoms with Crippen molar-refractivity contribution in [1.82, 2.24) is 15.3 Å². The number of amides is 3. The highest BCUT2D eigenvalue weighted by molar-refractivity contribution is 6.09. The Kier molecular flexibility index (Phi) is 5.55. The third-order valence-corrected chi connectivity index (χ3v) is 4.71. The molecule has 0 radical (unpaired) electrons. The number of nitrogen functional groups attached to an aromatic ring is 1. The molecule has 3 rings (SSSR count). The molecule has 1 saturated heterocycles. The van der Waals surface area contributed by atoms with E-state index in [0.717, 1.165) is 12.1 Å². The minimum atomic E-state index is -4.55. The number of hydrogen-bond acceptors (Lipinski definition) is 5. The van der Waals surface area contributed by atoms with Gasteiger partial charge in [-0.25, -0.2) is 9.78 Å². The highest BCUT2D eigenvalue weighted by Gasteiger charge is 2.37. The summed E-state index contributed by atoms with van der Waals surface area (Å²) >= 11 is 0. The number of rotatable bonds is 4. The summed E-state index contributed by atoms with van der Waals surface area (Å²) in [4.78, 5) is 36.0. The van der Waals surface area contributed by atoms with Gasteiger partial charge in [0.15, 0.2) is 0 Å². The molecule has 3 amide bonds. The molecule has 8 nitrogen and oxygen atoms in total. The molecule has 2 aromatic rings. The lowest BCUT2D eigenvalue weighted by Gasteiger charge is -2.28. The molecule has 166 valence electrons. The summed E-state index contributed by atoms with van der Waals surface area (Å²) in [6.07, 6.45) is -3.36. The van der Waals surface area contributed by atoms with Gasteiger partial charge in [-0.2, -0.15) is 18.2 Å². The Morgan fingerprint density at radius 1 is 1.32 bits per heavy atom. The molecule has 1 aliphatic heterocycles. The number of alkyl halides is 3. The average Bonchev–Trinajstić information content (AvgIpc) is 2.93. The maximum absolute atomic E-state index is 13.2. The molecule has 3 N–H and O–H groups in total. The van der Waals surface area contributed by atoms with Crippen molar-refractivity contribution in [1.29, 1.82) is 0 Å². The Bertz CT molecular complexity index is 1020. The Morgan fingerprint density at radius 2 is 2.00 bits per heavy atom. The predicted molar refractivity (Wildman–Crippen MR) is 110 cm³/mol. The monoisotopic (exact) mass is 436 g/mol. The van der Waals surface area contributed by atoms with Crippen LogP contribution in [0.25, 0.3) is 0 Å². The van der Waals surface area contributed by atoms with Gasteiger partial charge in [-0.1, -0.05) is 6.07 Å². The normalized spacial score (nSPS) is 15.9. The molecular weight excluding hydrogens is 413 g/mol. The fourth-order valence-electron chi connectivity index (χ4n) is 3.32. The van der Waals surface area contributed by atoms with E-state index in [1.807, 2.05) is 13.8 Å². The number of nitrogens with two attached hydrogens (primary N) is 1. The molecule has 0 aliphatic carbocycles. The van der Waals surface area contributed by atoms with Crippen molar-refractivity contribution in [2.45, 2.75) is 45.5 Å². The van der Waals surface area contributed by atoms with Crippen molar-refractivity contribution >= 4 is 29.4 Å². The summed E-state index contributed by atoms with van der Waals surface area (Å²) in [6.45, 7) is 7.31. The lowest BCUT2D eigenvalue weighted by Crippen LogP contribution is -2.38. The number of aromatic nitrogens is 2. The quantitative estimate of drug-likeness (QED) is 0.764. The first-order valence-corrected chi connectivity index (χ1v) is 9.53. The first-order chi connectivity index (χ1) is 14.3. The highest BCUT2D eigenvalue weighted by atomic mass is 19.4. The van der Waals surface area contributed by atoms with Crippen LogP contribution in [0, 0.1) is 0 Å². The third-order valence-electron chi connectivity index (χ3n) is 4.71. The standard InChI is InChI=1S/C20H23F3N6O2/c1-11(2)29(13-7-5-6-12(8-13)20(21,22)23)16(30)14-9-25-17(26-15(14)24)28-10-19(3,4)27-18(28)31/h5-9,11H,10H2,1-4H3,(H,27,31)(H2,24,25,26). The van der Waals surface area contributed by atoms with Gasteiger partial charge in [-0.15, -0.1) is 0 Å².